The van der Waals surface area contributed by atoms with Gasteiger partial charge in [0.2, 0.25) is 0 Å². The van der Waals surface area contributed by atoms with Crippen LogP contribution in [0.3, 0.4) is 0 Å². The van der Waals surface area contributed by atoms with E-state index < -0.39 is 8.07 Å². The largest absolute Gasteiger partial charge is 0.331 e. The number of hydrogen-bond donors (Lipinski definition) is 0. The SMILES string of the molecule is Cn1c(CCC#C[Si](C)(C)C)nc2c(F)cccc21. The van der Waals surface area contributed by atoms with E-state index in [0.717, 1.165) is 24.2 Å². The van der Waals surface area contributed by atoms with Crippen molar-refractivity contribution in [1.82, 2.24) is 9.55 Å². The molecule has 0 radical (unpaired) electrons. The van der Waals surface area contributed by atoms with E-state index in [4.69, 9.17) is 0 Å². The molecule has 2 aromatic rings. The number of aryl methyl sites for hydroxylation is 2. The molecule has 0 fully saturated rings. The number of fused-ring (bicyclic) bond motifs is 1. The van der Waals surface area contributed by atoms with Gasteiger partial charge >= 0.3 is 0 Å². The minimum Gasteiger partial charge on any atom is -0.331 e. The second kappa shape index (κ2) is 5.18. The van der Waals surface area contributed by atoms with Gasteiger partial charge in [-0.15, -0.1) is 11.5 Å². The summed E-state index contributed by atoms with van der Waals surface area (Å²) in [4.78, 5) is 4.38. The molecule has 0 saturated carbocycles. The lowest BCUT2D eigenvalue weighted by atomic mass is 10.3. The number of rotatable bonds is 2. The Morgan fingerprint density at radius 1 is 1.32 bits per heavy atom. The molecule has 1 aromatic carbocycles. The summed E-state index contributed by atoms with van der Waals surface area (Å²) in [6.45, 7) is 6.68. The summed E-state index contributed by atoms with van der Waals surface area (Å²) in [7, 11) is 0.629. The third-order valence-electron chi connectivity index (χ3n) is 2.89. The fourth-order valence-electron chi connectivity index (χ4n) is 1.95. The lowest BCUT2D eigenvalue weighted by Crippen LogP contribution is -2.16. The van der Waals surface area contributed by atoms with E-state index in [1.165, 1.54) is 6.07 Å². The van der Waals surface area contributed by atoms with Crippen molar-refractivity contribution in [1.29, 1.82) is 0 Å². The average molecular weight is 274 g/mol. The minimum absolute atomic E-state index is 0.257. The molecule has 0 saturated heterocycles. The fourth-order valence-corrected chi connectivity index (χ4v) is 2.61. The molecule has 0 amide bonds. The molecule has 100 valence electrons. The smallest absolute Gasteiger partial charge is 0.151 e. The predicted octanol–water partition coefficient (Wildman–Crippen LogP) is 3.53. The maximum Gasteiger partial charge on any atom is 0.151 e. The van der Waals surface area contributed by atoms with E-state index in [2.05, 4.69) is 36.1 Å². The number of hydrogen-bond acceptors (Lipinski definition) is 1. The highest BCUT2D eigenvalue weighted by Gasteiger charge is 2.10. The minimum atomic E-state index is -1.30. The second-order valence-electron chi connectivity index (χ2n) is 5.75. The number of para-hydroxylation sites is 1. The fraction of sp³-hybridized carbons (Fsp3) is 0.400. The van der Waals surface area contributed by atoms with Crippen LogP contribution in [-0.2, 0) is 13.5 Å². The quantitative estimate of drug-likeness (QED) is 0.605. The van der Waals surface area contributed by atoms with Crippen LogP contribution in [0.15, 0.2) is 18.2 Å². The molecule has 19 heavy (non-hydrogen) atoms. The molecule has 0 bridgehead atoms. The standard InChI is InChI=1S/C15H19FN2Si/c1-18-13-9-7-8-12(16)15(13)17-14(18)10-5-6-11-19(2,3)4/h7-9H,5,10H2,1-4H3. The number of aromatic nitrogens is 2. The topological polar surface area (TPSA) is 17.8 Å². The Balaban J connectivity index is 2.20. The third kappa shape index (κ3) is 3.24. The highest BCUT2D eigenvalue weighted by molar-refractivity contribution is 6.83. The summed E-state index contributed by atoms with van der Waals surface area (Å²) < 4.78 is 15.6. The monoisotopic (exact) mass is 274 g/mol. The molecule has 1 heterocycles. The molecule has 0 N–H and O–H groups in total. The van der Waals surface area contributed by atoms with Crippen molar-refractivity contribution in [3.63, 3.8) is 0 Å². The highest BCUT2D eigenvalue weighted by Crippen LogP contribution is 2.18. The van der Waals surface area contributed by atoms with E-state index in [1.807, 2.05) is 17.7 Å². The van der Waals surface area contributed by atoms with Gasteiger partial charge in [-0.05, 0) is 12.1 Å². The average Bonchev–Trinajstić information content (AvgIpc) is 2.63. The second-order valence-corrected chi connectivity index (χ2v) is 10.5. The van der Waals surface area contributed by atoms with Gasteiger partial charge in [0.1, 0.15) is 19.4 Å². The first-order chi connectivity index (χ1) is 8.88. The Labute approximate surface area is 114 Å². The molecule has 0 atom stereocenters. The van der Waals surface area contributed by atoms with Gasteiger partial charge in [-0.25, -0.2) is 9.37 Å². The summed E-state index contributed by atoms with van der Waals surface area (Å²) in [5.74, 6) is 3.86. The molecule has 0 aliphatic carbocycles. The number of nitrogens with zero attached hydrogens (tertiary/aromatic N) is 2. The molecule has 0 spiro atoms. The van der Waals surface area contributed by atoms with Crippen LogP contribution in [0.4, 0.5) is 4.39 Å². The first-order valence-corrected chi connectivity index (χ1v) is 9.98. The van der Waals surface area contributed by atoms with Crippen LogP contribution in [0.1, 0.15) is 12.2 Å². The molecule has 0 aliphatic heterocycles. The first kappa shape index (κ1) is 13.8. The summed E-state index contributed by atoms with van der Waals surface area (Å²) in [5.41, 5.74) is 4.63. The third-order valence-corrected chi connectivity index (χ3v) is 3.82. The van der Waals surface area contributed by atoms with Crippen molar-refractivity contribution < 1.29 is 4.39 Å². The van der Waals surface area contributed by atoms with Crippen LogP contribution in [0.25, 0.3) is 11.0 Å². The van der Waals surface area contributed by atoms with E-state index in [1.54, 1.807) is 6.07 Å². The lowest BCUT2D eigenvalue weighted by Gasteiger charge is -2.03. The molecule has 4 heteroatoms. The molecule has 1 aromatic heterocycles. The van der Waals surface area contributed by atoms with E-state index >= 15 is 0 Å². The first-order valence-electron chi connectivity index (χ1n) is 6.48. The summed E-state index contributed by atoms with van der Waals surface area (Å²) in [5, 5.41) is 0. The van der Waals surface area contributed by atoms with E-state index in [-0.39, 0.29) is 5.82 Å². The lowest BCUT2D eigenvalue weighted by molar-refractivity contribution is 0.637. The van der Waals surface area contributed by atoms with Gasteiger partial charge in [-0.1, -0.05) is 25.7 Å². The van der Waals surface area contributed by atoms with E-state index in [9.17, 15) is 4.39 Å². The maximum absolute atomic E-state index is 13.6. The van der Waals surface area contributed by atoms with Gasteiger partial charge in [-0.2, -0.15) is 0 Å². The number of benzene rings is 1. The van der Waals surface area contributed by atoms with Crippen LogP contribution in [0.2, 0.25) is 19.6 Å². The summed E-state index contributed by atoms with van der Waals surface area (Å²) >= 11 is 0. The Morgan fingerprint density at radius 2 is 2.05 bits per heavy atom. The van der Waals surface area contributed by atoms with Gasteiger partial charge in [0.15, 0.2) is 5.82 Å². The molecule has 2 rings (SSSR count). The molecular formula is C15H19FN2Si. The Kier molecular flexibility index (Phi) is 3.77. The summed E-state index contributed by atoms with van der Waals surface area (Å²) in [6, 6.07) is 5.06. The van der Waals surface area contributed by atoms with Crippen LogP contribution < -0.4 is 0 Å². The summed E-state index contributed by atoms with van der Waals surface area (Å²) in [6.07, 6.45) is 1.55. The zero-order valence-electron chi connectivity index (χ0n) is 11.9. The van der Waals surface area contributed by atoms with Gasteiger partial charge in [0, 0.05) is 19.9 Å². The van der Waals surface area contributed by atoms with Crippen LogP contribution >= 0.6 is 0 Å². The molecule has 0 aliphatic rings. The molecule has 2 nitrogen and oxygen atoms in total. The van der Waals surface area contributed by atoms with Crippen molar-refractivity contribution in [2.45, 2.75) is 32.5 Å². The Bertz CT molecular complexity index is 656. The van der Waals surface area contributed by atoms with Gasteiger partial charge in [0.25, 0.3) is 0 Å². The van der Waals surface area contributed by atoms with Crippen LogP contribution in [-0.4, -0.2) is 17.6 Å². The zero-order chi connectivity index (χ0) is 14.0. The molecule has 0 unspecified atom stereocenters. The highest BCUT2D eigenvalue weighted by atomic mass is 28.3. The van der Waals surface area contributed by atoms with Crippen LogP contribution in [0.5, 0.6) is 0 Å². The van der Waals surface area contributed by atoms with Crippen molar-refractivity contribution >= 4 is 19.1 Å². The predicted molar refractivity (Wildman–Crippen MR) is 80.1 cm³/mol. The number of halogens is 1. The van der Waals surface area contributed by atoms with Gasteiger partial charge in [0.05, 0.1) is 5.52 Å². The number of imidazole rings is 1. The van der Waals surface area contributed by atoms with Gasteiger partial charge in [-0.3, -0.25) is 0 Å². The van der Waals surface area contributed by atoms with Crippen molar-refractivity contribution in [3.05, 3.63) is 29.8 Å². The van der Waals surface area contributed by atoms with Crippen molar-refractivity contribution in [3.8, 4) is 11.5 Å². The van der Waals surface area contributed by atoms with Crippen molar-refractivity contribution in [2.75, 3.05) is 0 Å². The van der Waals surface area contributed by atoms with Gasteiger partial charge < -0.3 is 4.57 Å². The molecular weight excluding hydrogens is 255 g/mol. The maximum atomic E-state index is 13.6. The Hall–Kier alpha value is -1.60. The Morgan fingerprint density at radius 3 is 2.68 bits per heavy atom. The van der Waals surface area contributed by atoms with Crippen molar-refractivity contribution in [2.24, 2.45) is 7.05 Å². The van der Waals surface area contributed by atoms with Crippen LogP contribution in [0, 0.1) is 17.3 Å². The van der Waals surface area contributed by atoms with E-state index in [0.29, 0.717) is 5.52 Å². The zero-order valence-corrected chi connectivity index (χ0v) is 12.9. The normalized spacial score (nSPS) is 11.4.